The van der Waals surface area contributed by atoms with E-state index in [4.69, 9.17) is 0 Å². The van der Waals surface area contributed by atoms with Crippen molar-refractivity contribution in [1.29, 1.82) is 0 Å². The monoisotopic (exact) mass is 265 g/mol. The molecule has 0 spiro atoms. The number of hydrogen-bond donors (Lipinski definition) is 0. The molecule has 0 heterocycles. The third-order valence-electron chi connectivity index (χ3n) is 3.46. The van der Waals surface area contributed by atoms with E-state index in [2.05, 4.69) is 85.5 Å². The fourth-order valence-corrected chi connectivity index (χ4v) is 2.29. The van der Waals surface area contributed by atoms with E-state index < -0.39 is 0 Å². The van der Waals surface area contributed by atoms with E-state index in [0.29, 0.717) is 0 Å². The number of rotatable bonds is 6. The summed E-state index contributed by atoms with van der Waals surface area (Å²) in [4.78, 5) is 2.49. The zero-order chi connectivity index (χ0) is 14.2. The smallest absolute Gasteiger partial charge is 0.0240 e. The molecule has 0 aliphatic heterocycles. The van der Waals surface area contributed by atoms with Crippen molar-refractivity contribution >= 4 is 0 Å². The maximum absolute atomic E-state index is 2.49. The van der Waals surface area contributed by atoms with Crippen molar-refractivity contribution in [2.45, 2.75) is 26.9 Å². The summed E-state index contributed by atoms with van der Waals surface area (Å²) in [6.45, 7) is 7.30. The van der Waals surface area contributed by atoms with E-state index in [1.807, 2.05) is 0 Å². The average Bonchev–Trinajstić information content (AvgIpc) is 2.49. The number of nitrogens with zero attached hydrogens (tertiary/aromatic N) is 1. The van der Waals surface area contributed by atoms with Gasteiger partial charge in [0.25, 0.3) is 0 Å². The Morgan fingerprint density at radius 3 is 1.70 bits per heavy atom. The summed E-state index contributed by atoms with van der Waals surface area (Å²) in [5.41, 5.74) is 4.15. The van der Waals surface area contributed by atoms with Crippen LogP contribution in [0.1, 0.15) is 25.0 Å². The lowest BCUT2D eigenvalue weighted by atomic mass is 10.1. The molecule has 0 saturated carbocycles. The van der Waals surface area contributed by atoms with Crippen LogP contribution in [0.3, 0.4) is 0 Å². The molecule has 0 bridgehead atoms. The van der Waals surface area contributed by atoms with Crippen molar-refractivity contribution < 1.29 is 0 Å². The van der Waals surface area contributed by atoms with Gasteiger partial charge in [0.05, 0.1) is 0 Å². The molecule has 0 unspecified atom stereocenters. The summed E-state index contributed by atoms with van der Waals surface area (Å²) in [6, 6.07) is 21.4. The van der Waals surface area contributed by atoms with E-state index in [-0.39, 0.29) is 0 Å². The van der Waals surface area contributed by atoms with Gasteiger partial charge in [-0.1, -0.05) is 72.3 Å². The van der Waals surface area contributed by atoms with Gasteiger partial charge in [-0.2, -0.15) is 0 Å². The Morgan fingerprint density at radius 2 is 1.30 bits per heavy atom. The molecule has 0 aromatic heterocycles. The largest absolute Gasteiger partial charge is 0.291 e. The Bertz CT molecular complexity index is 487. The quantitative estimate of drug-likeness (QED) is 0.687. The van der Waals surface area contributed by atoms with Crippen LogP contribution in [0, 0.1) is 0 Å². The topological polar surface area (TPSA) is 3.24 Å². The molecule has 0 saturated heterocycles. The third kappa shape index (κ3) is 4.67. The van der Waals surface area contributed by atoms with E-state index in [0.717, 1.165) is 19.6 Å². The first-order valence-corrected chi connectivity index (χ1v) is 7.20. The molecule has 0 N–H and O–H groups in total. The third-order valence-corrected chi connectivity index (χ3v) is 3.46. The minimum atomic E-state index is 0.987. The maximum Gasteiger partial charge on any atom is 0.0240 e. The van der Waals surface area contributed by atoms with Gasteiger partial charge in [-0.3, -0.25) is 4.90 Å². The Kier molecular flexibility index (Phi) is 5.57. The first-order valence-electron chi connectivity index (χ1n) is 7.20. The van der Waals surface area contributed by atoms with Gasteiger partial charge in [-0.05, 0) is 25.0 Å². The Morgan fingerprint density at radius 1 is 0.850 bits per heavy atom. The Balaban J connectivity index is 2.08. The van der Waals surface area contributed by atoms with Crippen molar-refractivity contribution in [3.8, 4) is 0 Å². The minimum absolute atomic E-state index is 0.987. The Labute approximate surface area is 122 Å². The molecule has 1 heteroatoms. The van der Waals surface area contributed by atoms with Crippen molar-refractivity contribution in [2.24, 2.45) is 0 Å². The van der Waals surface area contributed by atoms with Gasteiger partial charge < -0.3 is 0 Å². The molecule has 20 heavy (non-hydrogen) atoms. The predicted molar refractivity (Wildman–Crippen MR) is 86.4 cm³/mol. The highest BCUT2D eigenvalue weighted by Gasteiger charge is 2.07. The molecule has 0 aliphatic rings. The Hall–Kier alpha value is -1.86. The van der Waals surface area contributed by atoms with Crippen LogP contribution in [0.15, 0.2) is 72.3 Å². The summed E-state index contributed by atoms with van der Waals surface area (Å²) in [6.07, 6.45) is 2.20. The first-order chi connectivity index (χ1) is 9.78. The van der Waals surface area contributed by atoms with Gasteiger partial charge in [0.15, 0.2) is 0 Å². The second kappa shape index (κ2) is 7.66. The first kappa shape index (κ1) is 14.5. The predicted octanol–water partition coefficient (Wildman–Crippen LogP) is 4.66. The van der Waals surface area contributed by atoms with Crippen LogP contribution in [0.4, 0.5) is 0 Å². The normalized spacial score (nSPS) is 11.8. The molecular weight excluding hydrogens is 242 g/mol. The molecule has 104 valence electrons. The molecule has 0 aliphatic carbocycles. The summed E-state index contributed by atoms with van der Waals surface area (Å²) >= 11 is 0. The molecule has 1 nitrogen and oxygen atoms in total. The van der Waals surface area contributed by atoms with Gasteiger partial charge in [0, 0.05) is 19.6 Å². The highest BCUT2D eigenvalue weighted by atomic mass is 15.1. The lowest BCUT2D eigenvalue weighted by Crippen LogP contribution is -2.24. The van der Waals surface area contributed by atoms with E-state index in [9.17, 15) is 0 Å². The standard InChI is InChI=1S/C19H23N/c1-3-17(2)14-20(15-18-10-6-4-7-11-18)16-19-12-8-5-9-13-19/h3-13H,14-16H2,1-2H3. The molecule has 0 fully saturated rings. The van der Waals surface area contributed by atoms with Crippen LogP contribution in [-0.4, -0.2) is 11.4 Å². The zero-order valence-electron chi connectivity index (χ0n) is 12.4. The summed E-state index contributed by atoms with van der Waals surface area (Å²) in [5, 5.41) is 0. The van der Waals surface area contributed by atoms with Crippen LogP contribution in [-0.2, 0) is 13.1 Å². The SMILES string of the molecule is CC=C(C)CN(Cc1ccccc1)Cc1ccccc1. The highest BCUT2D eigenvalue weighted by Crippen LogP contribution is 2.12. The van der Waals surface area contributed by atoms with E-state index >= 15 is 0 Å². The molecule has 2 rings (SSSR count). The molecule has 0 atom stereocenters. The van der Waals surface area contributed by atoms with Gasteiger partial charge in [-0.15, -0.1) is 0 Å². The zero-order valence-corrected chi connectivity index (χ0v) is 12.4. The maximum atomic E-state index is 2.49. The number of allylic oxidation sites excluding steroid dienone is 1. The van der Waals surface area contributed by atoms with Crippen molar-refractivity contribution in [3.63, 3.8) is 0 Å². The highest BCUT2D eigenvalue weighted by molar-refractivity contribution is 5.17. The second-order valence-electron chi connectivity index (χ2n) is 5.25. The molecule has 0 radical (unpaired) electrons. The van der Waals surface area contributed by atoms with Gasteiger partial charge in [0.1, 0.15) is 0 Å². The van der Waals surface area contributed by atoms with Crippen LogP contribution >= 0.6 is 0 Å². The number of hydrogen-bond acceptors (Lipinski definition) is 1. The average molecular weight is 265 g/mol. The van der Waals surface area contributed by atoms with Crippen molar-refractivity contribution in [2.75, 3.05) is 6.54 Å². The fourth-order valence-electron chi connectivity index (χ4n) is 2.29. The number of benzene rings is 2. The lowest BCUT2D eigenvalue weighted by Gasteiger charge is -2.23. The lowest BCUT2D eigenvalue weighted by molar-refractivity contribution is 0.279. The molecule has 2 aromatic carbocycles. The molecular formula is C19H23N. The van der Waals surface area contributed by atoms with Crippen LogP contribution in [0.5, 0.6) is 0 Å². The van der Waals surface area contributed by atoms with Crippen molar-refractivity contribution in [3.05, 3.63) is 83.4 Å². The fraction of sp³-hybridized carbons (Fsp3) is 0.263. The van der Waals surface area contributed by atoms with Crippen LogP contribution < -0.4 is 0 Å². The van der Waals surface area contributed by atoms with Crippen molar-refractivity contribution in [1.82, 2.24) is 4.90 Å². The van der Waals surface area contributed by atoms with Gasteiger partial charge >= 0.3 is 0 Å². The molecule has 2 aromatic rings. The van der Waals surface area contributed by atoms with Gasteiger partial charge in [0.2, 0.25) is 0 Å². The van der Waals surface area contributed by atoms with E-state index in [1.165, 1.54) is 16.7 Å². The summed E-state index contributed by atoms with van der Waals surface area (Å²) < 4.78 is 0. The van der Waals surface area contributed by atoms with Crippen LogP contribution in [0.2, 0.25) is 0 Å². The van der Waals surface area contributed by atoms with Crippen LogP contribution in [0.25, 0.3) is 0 Å². The van der Waals surface area contributed by atoms with Gasteiger partial charge in [-0.25, -0.2) is 0 Å². The van der Waals surface area contributed by atoms with E-state index in [1.54, 1.807) is 0 Å². The minimum Gasteiger partial charge on any atom is -0.291 e. The molecule has 0 amide bonds. The summed E-state index contributed by atoms with van der Waals surface area (Å²) in [7, 11) is 0. The second-order valence-corrected chi connectivity index (χ2v) is 5.25. The summed E-state index contributed by atoms with van der Waals surface area (Å²) in [5.74, 6) is 0.